The Balaban J connectivity index is 2.35. The number of thiophene rings is 1. The van der Waals surface area contributed by atoms with E-state index in [2.05, 4.69) is 22.0 Å². The van der Waals surface area contributed by atoms with Gasteiger partial charge in [0.1, 0.15) is 6.29 Å². The molecule has 1 nitrogen and oxygen atoms in total. The number of hydrogen-bond acceptors (Lipinski definition) is 2. The fourth-order valence-electron chi connectivity index (χ4n) is 2.01. The number of hydrogen-bond donors (Lipinski definition) is 0. The lowest BCUT2D eigenvalue weighted by Gasteiger charge is -2.19. The molecule has 0 saturated heterocycles. The van der Waals surface area contributed by atoms with Crippen molar-refractivity contribution in [3.63, 3.8) is 0 Å². The molecule has 0 amide bonds. The fraction of sp³-hybridized carbons (Fsp3) is 0.500. The minimum absolute atomic E-state index is 0.142. The van der Waals surface area contributed by atoms with Gasteiger partial charge in [0.2, 0.25) is 0 Å². The van der Waals surface area contributed by atoms with Gasteiger partial charge < -0.3 is 4.79 Å². The van der Waals surface area contributed by atoms with E-state index in [1.54, 1.807) is 11.3 Å². The van der Waals surface area contributed by atoms with Crippen LogP contribution in [0.25, 0.3) is 0 Å². The van der Waals surface area contributed by atoms with Crippen LogP contribution < -0.4 is 0 Å². The highest BCUT2D eigenvalue weighted by atomic mass is 79.9. The SMILES string of the molecule is O=CC1(c2ccc(Br)s2)CCCC1. The number of aldehydes is 1. The maximum Gasteiger partial charge on any atom is 0.131 e. The molecule has 1 aliphatic carbocycles. The zero-order valence-corrected chi connectivity index (χ0v) is 9.66. The predicted molar refractivity (Wildman–Crippen MR) is 58.2 cm³/mol. The molecule has 3 heteroatoms. The molecule has 0 aliphatic heterocycles. The van der Waals surface area contributed by atoms with Crippen molar-refractivity contribution in [3.8, 4) is 0 Å². The van der Waals surface area contributed by atoms with Crippen LogP contribution in [0.5, 0.6) is 0 Å². The van der Waals surface area contributed by atoms with Crippen LogP contribution in [-0.4, -0.2) is 6.29 Å². The van der Waals surface area contributed by atoms with Crippen molar-refractivity contribution in [2.75, 3.05) is 0 Å². The molecular formula is C10H11BrOS. The van der Waals surface area contributed by atoms with Gasteiger partial charge in [0, 0.05) is 4.88 Å². The first kappa shape index (κ1) is 9.41. The van der Waals surface area contributed by atoms with E-state index in [4.69, 9.17) is 0 Å². The van der Waals surface area contributed by atoms with Gasteiger partial charge in [0.05, 0.1) is 9.20 Å². The first-order valence-electron chi connectivity index (χ1n) is 4.49. The molecule has 2 rings (SSSR count). The highest BCUT2D eigenvalue weighted by Crippen LogP contribution is 2.43. The molecule has 1 aliphatic rings. The summed E-state index contributed by atoms with van der Waals surface area (Å²) >= 11 is 5.13. The number of rotatable bonds is 2. The van der Waals surface area contributed by atoms with E-state index in [9.17, 15) is 4.79 Å². The predicted octanol–water partition coefficient (Wildman–Crippen LogP) is 3.52. The van der Waals surface area contributed by atoms with Gasteiger partial charge >= 0.3 is 0 Å². The first-order chi connectivity index (χ1) is 6.27. The van der Waals surface area contributed by atoms with Crippen LogP contribution in [0.3, 0.4) is 0 Å². The van der Waals surface area contributed by atoms with Gasteiger partial charge in [-0.1, -0.05) is 12.8 Å². The quantitative estimate of drug-likeness (QED) is 0.742. The second-order valence-corrected chi connectivity index (χ2v) is 6.05. The largest absolute Gasteiger partial charge is 0.302 e. The van der Waals surface area contributed by atoms with Gasteiger partial charge in [-0.05, 0) is 40.9 Å². The number of halogens is 1. The monoisotopic (exact) mass is 258 g/mol. The van der Waals surface area contributed by atoms with E-state index in [0.717, 1.165) is 22.9 Å². The molecule has 0 aromatic carbocycles. The van der Waals surface area contributed by atoms with Gasteiger partial charge in [-0.2, -0.15) is 0 Å². The molecule has 0 radical (unpaired) electrons. The summed E-state index contributed by atoms with van der Waals surface area (Å²) < 4.78 is 1.12. The molecule has 0 bridgehead atoms. The Morgan fingerprint density at radius 3 is 2.54 bits per heavy atom. The molecule has 1 saturated carbocycles. The second kappa shape index (κ2) is 3.54. The highest BCUT2D eigenvalue weighted by molar-refractivity contribution is 9.11. The molecule has 0 atom stereocenters. The zero-order chi connectivity index (χ0) is 9.31. The molecule has 70 valence electrons. The van der Waals surface area contributed by atoms with Gasteiger partial charge in [0.25, 0.3) is 0 Å². The normalized spacial score (nSPS) is 20.4. The molecular weight excluding hydrogens is 248 g/mol. The lowest BCUT2D eigenvalue weighted by molar-refractivity contribution is -0.112. The van der Waals surface area contributed by atoms with Crippen LogP contribution in [-0.2, 0) is 10.2 Å². The maximum atomic E-state index is 11.1. The molecule has 13 heavy (non-hydrogen) atoms. The Kier molecular flexibility index (Phi) is 2.56. The summed E-state index contributed by atoms with van der Waals surface area (Å²) in [5.41, 5.74) is -0.142. The van der Waals surface area contributed by atoms with E-state index >= 15 is 0 Å². The van der Waals surface area contributed by atoms with E-state index in [0.29, 0.717) is 0 Å². The summed E-state index contributed by atoms with van der Waals surface area (Å²) in [5, 5.41) is 0. The minimum Gasteiger partial charge on any atom is -0.302 e. The lowest BCUT2D eigenvalue weighted by atomic mass is 9.86. The first-order valence-corrected chi connectivity index (χ1v) is 6.10. The average Bonchev–Trinajstić information content (AvgIpc) is 2.73. The van der Waals surface area contributed by atoms with Crippen LogP contribution in [0.15, 0.2) is 15.9 Å². The summed E-state index contributed by atoms with van der Waals surface area (Å²) in [5.74, 6) is 0. The average molecular weight is 259 g/mol. The maximum absolute atomic E-state index is 11.1. The molecule has 1 heterocycles. The van der Waals surface area contributed by atoms with E-state index in [-0.39, 0.29) is 5.41 Å². The summed E-state index contributed by atoms with van der Waals surface area (Å²) in [7, 11) is 0. The molecule has 1 aromatic heterocycles. The van der Waals surface area contributed by atoms with Gasteiger partial charge in [-0.3, -0.25) is 0 Å². The Bertz CT molecular complexity index is 312. The fourth-order valence-corrected chi connectivity index (χ4v) is 3.60. The Morgan fingerprint density at radius 2 is 2.08 bits per heavy atom. The Morgan fingerprint density at radius 1 is 1.38 bits per heavy atom. The van der Waals surface area contributed by atoms with Gasteiger partial charge in [-0.25, -0.2) is 0 Å². The zero-order valence-electron chi connectivity index (χ0n) is 7.25. The van der Waals surface area contributed by atoms with Crippen molar-refractivity contribution in [3.05, 3.63) is 20.8 Å². The molecule has 0 spiro atoms. The smallest absolute Gasteiger partial charge is 0.131 e. The van der Waals surface area contributed by atoms with E-state index in [1.165, 1.54) is 17.7 Å². The van der Waals surface area contributed by atoms with Gasteiger partial charge in [0.15, 0.2) is 0 Å². The van der Waals surface area contributed by atoms with Crippen molar-refractivity contribution in [2.45, 2.75) is 31.1 Å². The third kappa shape index (κ3) is 1.59. The van der Waals surface area contributed by atoms with Crippen molar-refractivity contribution < 1.29 is 4.79 Å². The van der Waals surface area contributed by atoms with E-state index < -0.39 is 0 Å². The summed E-state index contributed by atoms with van der Waals surface area (Å²) in [4.78, 5) is 12.4. The Labute approximate surface area is 90.3 Å². The van der Waals surface area contributed by atoms with Crippen molar-refractivity contribution in [1.82, 2.24) is 0 Å². The van der Waals surface area contributed by atoms with E-state index in [1.807, 2.05) is 6.07 Å². The minimum atomic E-state index is -0.142. The molecule has 1 fully saturated rings. The van der Waals surface area contributed by atoms with Crippen molar-refractivity contribution in [1.29, 1.82) is 0 Å². The topological polar surface area (TPSA) is 17.1 Å². The molecule has 0 N–H and O–H groups in total. The standard InChI is InChI=1S/C10H11BrOS/c11-9-4-3-8(13-9)10(7-12)5-1-2-6-10/h3-4,7H,1-2,5-6H2. The lowest BCUT2D eigenvalue weighted by Crippen LogP contribution is -2.21. The molecule has 0 unspecified atom stereocenters. The summed E-state index contributed by atoms with van der Waals surface area (Å²) in [6, 6.07) is 4.11. The van der Waals surface area contributed by atoms with Crippen molar-refractivity contribution in [2.24, 2.45) is 0 Å². The summed E-state index contributed by atoms with van der Waals surface area (Å²) in [6.45, 7) is 0. The second-order valence-electron chi connectivity index (χ2n) is 3.58. The van der Waals surface area contributed by atoms with Crippen LogP contribution in [0.2, 0.25) is 0 Å². The van der Waals surface area contributed by atoms with Crippen molar-refractivity contribution >= 4 is 33.6 Å². The molecule has 1 aromatic rings. The Hall–Kier alpha value is -0.150. The highest BCUT2D eigenvalue weighted by Gasteiger charge is 2.36. The number of carbonyl (C=O) groups excluding carboxylic acids is 1. The van der Waals surface area contributed by atoms with Crippen LogP contribution >= 0.6 is 27.3 Å². The number of carbonyl (C=O) groups is 1. The van der Waals surface area contributed by atoms with Crippen LogP contribution in [0.1, 0.15) is 30.6 Å². The van der Waals surface area contributed by atoms with Gasteiger partial charge in [-0.15, -0.1) is 11.3 Å². The third-order valence-corrected chi connectivity index (χ3v) is 4.63. The third-order valence-electron chi connectivity index (χ3n) is 2.79. The van der Waals surface area contributed by atoms with Crippen LogP contribution in [0, 0.1) is 0 Å². The summed E-state index contributed by atoms with van der Waals surface area (Å²) in [6.07, 6.45) is 5.59. The van der Waals surface area contributed by atoms with Crippen LogP contribution in [0.4, 0.5) is 0 Å².